The van der Waals surface area contributed by atoms with Gasteiger partial charge in [0.1, 0.15) is 11.8 Å². The van der Waals surface area contributed by atoms with Crippen molar-refractivity contribution in [3.8, 4) is 5.75 Å². The zero-order valence-electron chi connectivity index (χ0n) is 21.7. The zero-order chi connectivity index (χ0) is 26.9. The number of methoxy groups -OCH3 is 1. The molecule has 0 unspecified atom stereocenters. The third kappa shape index (κ3) is 7.75. The Morgan fingerprint density at radius 2 is 1.63 bits per heavy atom. The van der Waals surface area contributed by atoms with Crippen molar-refractivity contribution >= 4 is 35.0 Å². The largest absolute Gasteiger partial charge is 0.497 e. The van der Waals surface area contributed by atoms with E-state index in [1.807, 2.05) is 54.6 Å². The highest BCUT2D eigenvalue weighted by atomic mass is 35.5. The highest BCUT2D eigenvalue weighted by Crippen LogP contribution is 2.25. The summed E-state index contributed by atoms with van der Waals surface area (Å²) >= 11 is 12.3. The lowest BCUT2D eigenvalue weighted by Crippen LogP contribution is -2.53. The molecule has 0 heterocycles. The zero-order valence-corrected chi connectivity index (χ0v) is 23.2. The number of amides is 2. The number of carbonyl (C=O) groups excluding carboxylic acids is 2. The third-order valence-electron chi connectivity index (χ3n) is 7.05. The molecule has 1 fully saturated rings. The first-order chi connectivity index (χ1) is 18.4. The van der Waals surface area contributed by atoms with E-state index in [-0.39, 0.29) is 30.8 Å². The van der Waals surface area contributed by atoms with E-state index in [1.54, 1.807) is 30.2 Å². The van der Waals surface area contributed by atoms with Gasteiger partial charge < -0.3 is 15.0 Å². The van der Waals surface area contributed by atoms with Crippen molar-refractivity contribution < 1.29 is 14.3 Å². The Balaban J connectivity index is 1.67. The molecule has 3 aromatic carbocycles. The second-order valence-electron chi connectivity index (χ2n) is 9.85. The van der Waals surface area contributed by atoms with Crippen LogP contribution >= 0.6 is 23.2 Å². The first-order valence-corrected chi connectivity index (χ1v) is 13.9. The Morgan fingerprint density at radius 3 is 2.34 bits per heavy atom. The van der Waals surface area contributed by atoms with Gasteiger partial charge in [-0.3, -0.25) is 9.59 Å². The van der Waals surface area contributed by atoms with Crippen LogP contribution in [0.1, 0.15) is 48.8 Å². The minimum Gasteiger partial charge on any atom is -0.497 e. The molecule has 2 amide bonds. The second kappa shape index (κ2) is 13.7. The van der Waals surface area contributed by atoms with Gasteiger partial charge in [0.2, 0.25) is 11.8 Å². The summed E-state index contributed by atoms with van der Waals surface area (Å²) in [6, 6.07) is 22.1. The molecule has 200 valence electrons. The van der Waals surface area contributed by atoms with Gasteiger partial charge in [0.05, 0.1) is 23.6 Å². The molecule has 3 aromatic rings. The summed E-state index contributed by atoms with van der Waals surface area (Å²) in [5, 5.41) is 4.10. The molecule has 0 spiro atoms. The Labute approximate surface area is 235 Å². The van der Waals surface area contributed by atoms with E-state index < -0.39 is 6.04 Å². The molecule has 0 bridgehead atoms. The molecule has 4 rings (SSSR count). The molecular weight excluding hydrogens is 519 g/mol. The van der Waals surface area contributed by atoms with Crippen molar-refractivity contribution in [2.75, 3.05) is 7.11 Å². The van der Waals surface area contributed by atoms with Crippen LogP contribution in [0.4, 0.5) is 0 Å². The van der Waals surface area contributed by atoms with Gasteiger partial charge in [-0.1, -0.05) is 91.0 Å². The molecular formula is C31H34Cl2N2O3. The molecule has 0 aromatic heterocycles. The van der Waals surface area contributed by atoms with Crippen LogP contribution in [0, 0.1) is 0 Å². The summed E-state index contributed by atoms with van der Waals surface area (Å²) in [5.41, 5.74) is 2.62. The topological polar surface area (TPSA) is 58.6 Å². The predicted molar refractivity (Wildman–Crippen MR) is 153 cm³/mol. The quantitative estimate of drug-likeness (QED) is 0.307. The Morgan fingerprint density at radius 1 is 0.895 bits per heavy atom. The van der Waals surface area contributed by atoms with Crippen molar-refractivity contribution in [3.05, 3.63) is 99.5 Å². The van der Waals surface area contributed by atoms with Crippen LogP contribution in [0.3, 0.4) is 0 Å². The Hall–Kier alpha value is -3.02. The van der Waals surface area contributed by atoms with Gasteiger partial charge in [0, 0.05) is 19.0 Å². The van der Waals surface area contributed by atoms with Crippen LogP contribution in [0.25, 0.3) is 0 Å². The van der Waals surface area contributed by atoms with Gasteiger partial charge in [-0.25, -0.2) is 0 Å². The van der Waals surface area contributed by atoms with Crippen LogP contribution in [0.2, 0.25) is 10.0 Å². The fourth-order valence-electron chi connectivity index (χ4n) is 4.99. The summed E-state index contributed by atoms with van der Waals surface area (Å²) in [7, 11) is 1.61. The number of carbonyl (C=O) groups is 2. The number of nitrogens with zero attached hydrogens (tertiary/aromatic N) is 1. The van der Waals surface area contributed by atoms with Crippen LogP contribution in [0.5, 0.6) is 5.75 Å². The highest BCUT2D eigenvalue weighted by Gasteiger charge is 2.32. The fourth-order valence-corrected chi connectivity index (χ4v) is 5.31. The minimum atomic E-state index is -0.680. The lowest BCUT2D eigenvalue weighted by molar-refractivity contribution is -0.141. The number of hydrogen-bond donors (Lipinski definition) is 1. The molecule has 7 heteroatoms. The fraction of sp³-hybridized carbons (Fsp3) is 0.355. The van der Waals surface area contributed by atoms with Crippen molar-refractivity contribution in [1.29, 1.82) is 0 Å². The molecule has 5 nitrogen and oxygen atoms in total. The first kappa shape index (κ1) is 28.0. The van der Waals surface area contributed by atoms with Crippen molar-refractivity contribution in [1.82, 2.24) is 10.2 Å². The number of ether oxygens (including phenoxy) is 1. The van der Waals surface area contributed by atoms with E-state index in [4.69, 9.17) is 27.9 Å². The standard InChI is InChI=1S/C31H34Cl2N2O3/c1-38-26-14-8-11-24(17-26)21-35(30(36)20-23-15-16-27(32)28(33)18-23)29(19-22-9-4-2-5-10-22)31(37)34-25-12-6-3-7-13-25/h2,4-5,8-11,14-18,25,29H,3,6-7,12-13,19-21H2,1H3,(H,34,37)/t29-/m1/s1. The lowest BCUT2D eigenvalue weighted by atomic mass is 9.94. The average molecular weight is 554 g/mol. The van der Waals surface area contributed by atoms with Gasteiger partial charge in [0.25, 0.3) is 0 Å². The maximum absolute atomic E-state index is 13.9. The second-order valence-corrected chi connectivity index (χ2v) is 10.7. The normalized spacial score (nSPS) is 14.5. The smallest absolute Gasteiger partial charge is 0.243 e. The van der Waals surface area contributed by atoms with Crippen molar-refractivity contribution in [3.63, 3.8) is 0 Å². The van der Waals surface area contributed by atoms with Gasteiger partial charge >= 0.3 is 0 Å². The number of hydrogen-bond acceptors (Lipinski definition) is 3. The summed E-state index contributed by atoms with van der Waals surface area (Å²) < 4.78 is 5.41. The van der Waals surface area contributed by atoms with Gasteiger partial charge in [0.15, 0.2) is 0 Å². The van der Waals surface area contributed by atoms with E-state index in [9.17, 15) is 9.59 Å². The summed E-state index contributed by atoms with van der Waals surface area (Å²) in [5.74, 6) is 0.419. The highest BCUT2D eigenvalue weighted by molar-refractivity contribution is 6.42. The van der Waals surface area contributed by atoms with Crippen LogP contribution < -0.4 is 10.1 Å². The summed E-state index contributed by atoms with van der Waals surface area (Å²) in [6.07, 6.45) is 5.87. The van der Waals surface area contributed by atoms with E-state index >= 15 is 0 Å². The molecule has 0 radical (unpaired) electrons. The number of rotatable bonds is 10. The predicted octanol–water partition coefficient (Wildman–Crippen LogP) is 6.63. The van der Waals surface area contributed by atoms with Crippen LogP contribution in [-0.2, 0) is 29.0 Å². The maximum Gasteiger partial charge on any atom is 0.243 e. The number of benzene rings is 3. The van der Waals surface area contributed by atoms with E-state index in [1.165, 1.54) is 6.42 Å². The number of nitrogens with one attached hydrogen (secondary N) is 1. The van der Waals surface area contributed by atoms with E-state index in [2.05, 4.69) is 5.32 Å². The Bertz CT molecular complexity index is 1230. The number of halogens is 2. The molecule has 1 atom stereocenters. The minimum absolute atomic E-state index is 0.100. The van der Waals surface area contributed by atoms with Crippen molar-refractivity contribution in [2.24, 2.45) is 0 Å². The van der Waals surface area contributed by atoms with Crippen LogP contribution in [-0.4, -0.2) is 35.9 Å². The first-order valence-electron chi connectivity index (χ1n) is 13.1. The van der Waals surface area contributed by atoms with E-state index in [0.29, 0.717) is 22.2 Å². The molecule has 1 saturated carbocycles. The molecule has 0 aliphatic heterocycles. The van der Waals surface area contributed by atoms with E-state index in [0.717, 1.165) is 42.4 Å². The molecule has 38 heavy (non-hydrogen) atoms. The molecule has 1 aliphatic rings. The molecule has 1 N–H and O–H groups in total. The maximum atomic E-state index is 13.9. The lowest BCUT2D eigenvalue weighted by Gasteiger charge is -2.33. The average Bonchev–Trinajstić information content (AvgIpc) is 2.94. The molecule has 0 saturated heterocycles. The van der Waals surface area contributed by atoms with Crippen LogP contribution in [0.15, 0.2) is 72.8 Å². The monoisotopic (exact) mass is 552 g/mol. The molecule has 1 aliphatic carbocycles. The third-order valence-corrected chi connectivity index (χ3v) is 7.79. The van der Waals surface area contributed by atoms with Crippen molar-refractivity contribution in [2.45, 2.75) is 63.6 Å². The van der Waals surface area contributed by atoms with Gasteiger partial charge in [-0.2, -0.15) is 0 Å². The SMILES string of the molecule is COc1cccc(CN(C(=O)Cc2ccc(Cl)c(Cl)c2)[C@H](Cc2ccccc2)C(=O)NC2CCCCC2)c1. The van der Waals surface area contributed by atoms with Gasteiger partial charge in [-0.15, -0.1) is 0 Å². The summed E-state index contributed by atoms with van der Waals surface area (Å²) in [6.45, 7) is 0.271. The Kier molecular flexibility index (Phi) is 10.1. The van der Waals surface area contributed by atoms with Gasteiger partial charge in [-0.05, 0) is 53.8 Å². The summed E-state index contributed by atoms with van der Waals surface area (Å²) in [4.78, 5) is 29.5.